The molecule has 9 nitrogen and oxygen atoms in total. The van der Waals surface area contributed by atoms with Crippen LogP contribution < -0.4 is 4.18 Å². The normalized spacial score (nSPS) is 12.9. The SMILES string of the molecule is CN=[S@@](=O)(Oc1ccc([N+](=O)[O-])cc1)c1ccc([N+](=O)[O-])cc1. The maximum absolute atomic E-state index is 12.7. The third-order valence-electron chi connectivity index (χ3n) is 2.84. The molecule has 0 unspecified atom stereocenters. The predicted octanol–water partition coefficient (Wildman–Crippen LogP) is 2.95. The molecule has 0 aliphatic carbocycles. The van der Waals surface area contributed by atoms with Crippen molar-refractivity contribution in [3.63, 3.8) is 0 Å². The summed E-state index contributed by atoms with van der Waals surface area (Å²) in [7, 11) is -2.01. The van der Waals surface area contributed by atoms with E-state index in [-0.39, 0.29) is 22.0 Å². The van der Waals surface area contributed by atoms with E-state index in [4.69, 9.17) is 4.18 Å². The Morgan fingerprint density at radius 1 is 0.913 bits per heavy atom. The van der Waals surface area contributed by atoms with Crippen LogP contribution in [0.5, 0.6) is 5.75 Å². The summed E-state index contributed by atoms with van der Waals surface area (Å²) in [6.45, 7) is 0. The van der Waals surface area contributed by atoms with Gasteiger partial charge in [0.25, 0.3) is 11.4 Å². The fourth-order valence-corrected chi connectivity index (χ4v) is 2.92. The molecule has 0 spiro atoms. The lowest BCUT2D eigenvalue weighted by atomic mass is 10.3. The lowest BCUT2D eigenvalue weighted by molar-refractivity contribution is -0.385. The zero-order valence-corrected chi connectivity index (χ0v) is 12.6. The largest absolute Gasteiger partial charge is 0.392 e. The van der Waals surface area contributed by atoms with Gasteiger partial charge in [0.15, 0.2) is 0 Å². The van der Waals surface area contributed by atoms with Crippen LogP contribution in [0.2, 0.25) is 0 Å². The highest BCUT2D eigenvalue weighted by Gasteiger charge is 2.17. The summed E-state index contributed by atoms with van der Waals surface area (Å²) in [5, 5.41) is 21.2. The van der Waals surface area contributed by atoms with Crippen LogP contribution in [0.4, 0.5) is 11.4 Å². The zero-order valence-electron chi connectivity index (χ0n) is 11.8. The number of rotatable bonds is 5. The number of nitro groups is 2. The molecule has 1 atom stereocenters. The Labute approximate surface area is 131 Å². The Bertz CT molecular complexity index is 854. The van der Waals surface area contributed by atoms with Crippen molar-refractivity contribution in [3.8, 4) is 5.75 Å². The zero-order chi connectivity index (χ0) is 17.0. The number of hydrogen-bond donors (Lipinski definition) is 0. The van der Waals surface area contributed by atoms with Crippen molar-refractivity contribution >= 4 is 21.4 Å². The van der Waals surface area contributed by atoms with E-state index in [1.165, 1.54) is 55.6 Å². The Kier molecular flexibility index (Phi) is 4.55. The molecular formula is C13H11N3O6S. The van der Waals surface area contributed by atoms with Gasteiger partial charge >= 0.3 is 0 Å². The number of benzene rings is 2. The van der Waals surface area contributed by atoms with Crippen molar-refractivity contribution in [1.29, 1.82) is 0 Å². The van der Waals surface area contributed by atoms with Gasteiger partial charge in [-0.25, -0.2) is 8.57 Å². The molecule has 23 heavy (non-hydrogen) atoms. The minimum absolute atomic E-state index is 0.129. The van der Waals surface area contributed by atoms with Gasteiger partial charge < -0.3 is 4.18 Å². The van der Waals surface area contributed by atoms with E-state index in [0.717, 1.165) is 0 Å². The van der Waals surface area contributed by atoms with Crippen molar-refractivity contribution in [1.82, 2.24) is 0 Å². The summed E-state index contributed by atoms with van der Waals surface area (Å²) in [6.07, 6.45) is 0. The maximum Gasteiger partial charge on any atom is 0.269 e. The Balaban J connectivity index is 2.32. The van der Waals surface area contributed by atoms with Gasteiger partial charge in [-0.1, -0.05) is 0 Å². The van der Waals surface area contributed by atoms with E-state index in [2.05, 4.69) is 4.36 Å². The maximum atomic E-state index is 12.7. The van der Waals surface area contributed by atoms with Crippen LogP contribution >= 0.6 is 0 Å². The third kappa shape index (κ3) is 3.61. The van der Waals surface area contributed by atoms with Gasteiger partial charge in [-0.3, -0.25) is 20.2 Å². The monoisotopic (exact) mass is 337 g/mol. The lowest BCUT2D eigenvalue weighted by Crippen LogP contribution is -2.09. The molecule has 0 radical (unpaired) electrons. The predicted molar refractivity (Wildman–Crippen MR) is 81.6 cm³/mol. The van der Waals surface area contributed by atoms with Gasteiger partial charge in [0.1, 0.15) is 5.75 Å². The van der Waals surface area contributed by atoms with Crippen molar-refractivity contribution < 1.29 is 18.2 Å². The fraction of sp³-hybridized carbons (Fsp3) is 0.0769. The second-order valence-electron chi connectivity index (χ2n) is 4.24. The summed E-state index contributed by atoms with van der Waals surface area (Å²) < 4.78 is 21.8. The molecule has 0 saturated carbocycles. The summed E-state index contributed by atoms with van der Waals surface area (Å²) >= 11 is 0. The van der Waals surface area contributed by atoms with Crippen LogP contribution in [-0.2, 0) is 10.0 Å². The first-order valence-electron chi connectivity index (χ1n) is 6.19. The van der Waals surface area contributed by atoms with E-state index >= 15 is 0 Å². The van der Waals surface area contributed by atoms with Gasteiger partial charge in [-0.15, -0.1) is 0 Å². The second kappa shape index (κ2) is 6.40. The molecule has 0 bridgehead atoms. The van der Waals surface area contributed by atoms with Crippen LogP contribution in [-0.4, -0.2) is 21.1 Å². The first-order valence-corrected chi connectivity index (χ1v) is 7.63. The molecule has 2 aromatic rings. The summed E-state index contributed by atoms with van der Waals surface area (Å²) in [4.78, 5) is 20.2. The minimum Gasteiger partial charge on any atom is -0.392 e. The van der Waals surface area contributed by atoms with E-state index in [0.29, 0.717) is 0 Å². The van der Waals surface area contributed by atoms with E-state index in [1.54, 1.807) is 0 Å². The summed E-state index contributed by atoms with van der Waals surface area (Å²) in [6, 6.07) is 9.99. The Morgan fingerprint density at radius 3 is 1.74 bits per heavy atom. The molecule has 0 heterocycles. The van der Waals surface area contributed by atoms with Crippen LogP contribution in [0.15, 0.2) is 57.8 Å². The minimum atomic E-state index is -3.30. The summed E-state index contributed by atoms with van der Waals surface area (Å²) in [5.74, 6) is 0.129. The first-order chi connectivity index (χ1) is 10.9. The van der Waals surface area contributed by atoms with Gasteiger partial charge in [0.2, 0.25) is 10.0 Å². The van der Waals surface area contributed by atoms with Crippen molar-refractivity contribution in [2.24, 2.45) is 4.36 Å². The van der Waals surface area contributed by atoms with E-state index in [9.17, 15) is 24.4 Å². The van der Waals surface area contributed by atoms with Gasteiger partial charge in [-0.05, 0) is 24.3 Å². The Morgan fingerprint density at radius 2 is 1.35 bits per heavy atom. The molecule has 0 saturated heterocycles. The van der Waals surface area contributed by atoms with E-state index < -0.39 is 19.9 Å². The van der Waals surface area contributed by atoms with Crippen LogP contribution in [0.25, 0.3) is 0 Å². The standard InChI is InChI=1S/C13H11N3O6S/c1-14-23(21,13-8-4-11(5-9-13)16(19)20)22-12-6-2-10(3-7-12)15(17)18/h2-9H,1H3/t23-/m0/s1. The molecule has 0 fully saturated rings. The molecular weight excluding hydrogens is 326 g/mol. The van der Waals surface area contributed by atoms with Gasteiger partial charge in [-0.2, -0.15) is 0 Å². The van der Waals surface area contributed by atoms with Crippen molar-refractivity contribution in [2.75, 3.05) is 7.05 Å². The number of nitro benzene ring substituents is 2. The highest BCUT2D eigenvalue weighted by atomic mass is 32.2. The van der Waals surface area contributed by atoms with Gasteiger partial charge in [0, 0.05) is 31.3 Å². The highest BCUT2D eigenvalue weighted by molar-refractivity contribution is 7.89. The average molecular weight is 337 g/mol. The number of non-ortho nitro benzene ring substituents is 2. The van der Waals surface area contributed by atoms with Crippen molar-refractivity contribution in [3.05, 3.63) is 68.8 Å². The quantitative estimate of drug-likeness (QED) is 0.610. The number of hydrogen-bond acceptors (Lipinski definition) is 7. The van der Waals surface area contributed by atoms with Crippen molar-refractivity contribution in [2.45, 2.75) is 4.90 Å². The topological polar surface area (TPSA) is 125 Å². The average Bonchev–Trinajstić information content (AvgIpc) is 2.55. The second-order valence-corrected chi connectivity index (χ2v) is 6.20. The first kappa shape index (κ1) is 16.4. The molecule has 2 rings (SSSR count). The van der Waals surface area contributed by atoms with Crippen LogP contribution in [0, 0.1) is 20.2 Å². The Hall–Kier alpha value is -3.01. The molecule has 0 aliphatic heterocycles. The molecule has 120 valence electrons. The molecule has 2 aromatic carbocycles. The smallest absolute Gasteiger partial charge is 0.269 e. The van der Waals surface area contributed by atoms with Crippen LogP contribution in [0.1, 0.15) is 0 Å². The fourth-order valence-electron chi connectivity index (χ4n) is 1.68. The molecule has 0 aliphatic rings. The highest BCUT2D eigenvalue weighted by Crippen LogP contribution is 2.24. The number of nitrogens with zero attached hydrogens (tertiary/aromatic N) is 3. The van der Waals surface area contributed by atoms with Crippen LogP contribution in [0.3, 0.4) is 0 Å². The molecule has 0 amide bonds. The van der Waals surface area contributed by atoms with E-state index in [1.807, 2.05) is 0 Å². The lowest BCUT2D eigenvalue weighted by Gasteiger charge is -2.11. The molecule has 0 aromatic heterocycles. The summed E-state index contributed by atoms with van der Waals surface area (Å²) in [5.41, 5.74) is -0.283. The molecule has 0 N–H and O–H groups in total. The third-order valence-corrected chi connectivity index (χ3v) is 4.61. The molecule has 10 heteroatoms. The van der Waals surface area contributed by atoms with Gasteiger partial charge in [0.05, 0.1) is 14.7 Å².